The fourth-order valence-corrected chi connectivity index (χ4v) is 4.47. The van der Waals surface area contributed by atoms with Gasteiger partial charge >= 0.3 is 0 Å². The molecule has 0 radical (unpaired) electrons. The summed E-state index contributed by atoms with van der Waals surface area (Å²) >= 11 is 0. The number of nitrogens with zero attached hydrogens (tertiary/aromatic N) is 1. The van der Waals surface area contributed by atoms with E-state index in [1.807, 2.05) is 67.6 Å². The summed E-state index contributed by atoms with van der Waals surface area (Å²) in [6.45, 7) is 3.67. The summed E-state index contributed by atoms with van der Waals surface area (Å²) in [5.41, 5.74) is 7.03. The number of benzene rings is 4. The van der Waals surface area contributed by atoms with E-state index < -0.39 is 0 Å². The quantitative estimate of drug-likeness (QED) is 0.380. The minimum Gasteiger partial charge on any atom is -0.367 e. The van der Waals surface area contributed by atoms with E-state index in [0.29, 0.717) is 16.8 Å². The Bertz CT molecular complexity index is 1360. The molecule has 174 valence electrons. The largest absolute Gasteiger partial charge is 0.367 e. The number of anilines is 3. The number of hydrogen-bond donors (Lipinski definition) is 2. The lowest BCUT2D eigenvalue weighted by molar-refractivity contribution is 0.101. The van der Waals surface area contributed by atoms with E-state index in [9.17, 15) is 9.59 Å². The standard InChI is InChI=1S/C30H27N3O2/c1-21-27(30(35)31-25-10-3-2-4-11-25)12-7-13-28(21)32-29(34)23-14-16-26(17-15-23)33-19-18-22-8-5-6-9-24(22)20-33/h2-17H,18-20H2,1H3,(H,31,35)(H,32,34). The molecule has 1 aliphatic rings. The molecule has 0 aliphatic carbocycles. The molecule has 5 nitrogen and oxygen atoms in total. The Labute approximate surface area is 205 Å². The van der Waals surface area contributed by atoms with E-state index in [2.05, 4.69) is 39.8 Å². The van der Waals surface area contributed by atoms with Gasteiger partial charge in [-0.2, -0.15) is 0 Å². The molecule has 1 heterocycles. The molecule has 0 spiro atoms. The molecule has 5 rings (SSSR count). The average molecular weight is 462 g/mol. The highest BCUT2D eigenvalue weighted by atomic mass is 16.2. The number of carbonyl (C=O) groups excluding carboxylic acids is 2. The molecule has 0 atom stereocenters. The second-order valence-electron chi connectivity index (χ2n) is 8.74. The molecular weight excluding hydrogens is 434 g/mol. The number of para-hydroxylation sites is 1. The number of fused-ring (bicyclic) bond motifs is 1. The molecule has 35 heavy (non-hydrogen) atoms. The third kappa shape index (κ3) is 4.94. The highest BCUT2D eigenvalue weighted by molar-refractivity contribution is 6.08. The van der Waals surface area contributed by atoms with Crippen molar-refractivity contribution in [2.45, 2.75) is 19.9 Å². The van der Waals surface area contributed by atoms with Gasteiger partial charge in [-0.05, 0) is 78.6 Å². The van der Waals surface area contributed by atoms with Gasteiger partial charge in [0.25, 0.3) is 11.8 Å². The first kappa shape index (κ1) is 22.4. The van der Waals surface area contributed by atoms with Gasteiger partial charge in [-0.1, -0.05) is 48.5 Å². The molecule has 0 saturated carbocycles. The summed E-state index contributed by atoms with van der Waals surface area (Å²) in [4.78, 5) is 28.1. The minimum atomic E-state index is -0.211. The Hall–Kier alpha value is -4.38. The van der Waals surface area contributed by atoms with Crippen LogP contribution in [0.1, 0.15) is 37.4 Å². The van der Waals surface area contributed by atoms with Crippen LogP contribution in [0.5, 0.6) is 0 Å². The monoisotopic (exact) mass is 461 g/mol. The number of carbonyl (C=O) groups is 2. The third-order valence-electron chi connectivity index (χ3n) is 6.48. The lowest BCUT2D eigenvalue weighted by atomic mass is 9.99. The van der Waals surface area contributed by atoms with Crippen molar-refractivity contribution in [3.8, 4) is 0 Å². The SMILES string of the molecule is Cc1c(NC(=O)c2ccc(N3CCc4ccccc4C3)cc2)cccc1C(=O)Nc1ccccc1. The lowest BCUT2D eigenvalue weighted by Gasteiger charge is -2.30. The molecular formula is C30H27N3O2. The van der Waals surface area contributed by atoms with Crippen LogP contribution in [0.15, 0.2) is 97.1 Å². The minimum absolute atomic E-state index is 0.204. The van der Waals surface area contributed by atoms with Crippen molar-refractivity contribution in [2.75, 3.05) is 22.1 Å². The fourth-order valence-electron chi connectivity index (χ4n) is 4.47. The first-order valence-electron chi connectivity index (χ1n) is 11.8. The van der Waals surface area contributed by atoms with Gasteiger partial charge in [0.1, 0.15) is 0 Å². The Balaban J connectivity index is 1.27. The van der Waals surface area contributed by atoms with Gasteiger partial charge < -0.3 is 15.5 Å². The predicted octanol–water partition coefficient (Wildman–Crippen LogP) is 6.06. The zero-order valence-corrected chi connectivity index (χ0v) is 19.6. The summed E-state index contributed by atoms with van der Waals surface area (Å²) in [6, 6.07) is 30.9. The molecule has 2 N–H and O–H groups in total. The van der Waals surface area contributed by atoms with Crippen molar-refractivity contribution in [3.05, 3.63) is 125 Å². The molecule has 2 amide bonds. The zero-order valence-electron chi connectivity index (χ0n) is 19.6. The van der Waals surface area contributed by atoms with E-state index in [-0.39, 0.29) is 11.8 Å². The maximum atomic E-state index is 13.0. The van der Waals surface area contributed by atoms with Crippen LogP contribution in [0.25, 0.3) is 0 Å². The Morgan fingerprint density at radius 1 is 0.714 bits per heavy atom. The summed E-state index contributed by atoms with van der Waals surface area (Å²) in [5, 5.41) is 5.86. The fraction of sp³-hybridized carbons (Fsp3) is 0.133. The summed E-state index contributed by atoms with van der Waals surface area (Å²) in [6.07, 6.45) is 1.02. The first-order chi connectivity index (χ1) is 17.1. The maximum Gasteiger partial charge on any atom is 0.256 e. The van der Waals surface area contributed by atoms with Gasteiger partial charge in [0, 0.05) is 41.3 Å². The smallest absolute Gasteiger partial charge is 0.256 e. The summed E-state index contributed by atoms with van der Waals surface area (Å²) < 4.78 is 0. The summed E-state index contributed by atoms with van der Waals surface area (Å²) in [5.74, 6) is -0.415. The van der Waals surface area contributed by atoms with Crippen LogP contribution in [-0.2, 0) is 13.0 Å². The van der Waals surface area contributed by atoms with Gasteiger partial charge in [-0.25, -0.2) is 0 Å². The second kappa shape index (κ2) is 9.85. The Morgan fingerprint density at radius 3 is 2.20 bits per heavy atom. The highest BCUT2D eigenvalue weighted by Crippen LogP contribution is 2.25. The van der Waals surface area contributed by atoms with Crippen LogP contribution >= 0.6 is 0 Å². The Kier molecular flexibility index (Phi) is 6.31. The van der Waals surface area contributed by atoms with Crippen molar-refractivity contribution in [1.29, 1.82) is 0 Å². The molecule has 0 unspecified atom stereocenters. The van der Waals surface area contributed by atoms with E-state index in [1.165, 1.54) is 11.1 Å². The maximum absolute atomic E-state index is 13.0. The normalized spacial score (nSPS) is 12.5. The second-order valence-corrected chi connectivity index (χ2v) is 8.74. The average Bonchev–Trinajstić information content (AvgIpc) is 2.90. The van der Waals surface area contributed by atoms with E-state index in [4.69, 9.17) is 0 Å². The van der Waals surface area contributed by atoms with Crippen LogP contribution in [0.2, 0.25) is 0 Å². The van der Waals surface area contributed by atoms with Crippen molar-refractivity contribution in [3.63, 3.8) is 0 Å². The van der Waals surface area contributed by atoms with Gasteiger partial charge in [-0.3, -0.25) is 9.59 Å². The molecule has 4 aromatic rings. The molecule has 4 aromatic carbocycles. The van der Waals surface area contributed by atoms with Crippen LogP contribution in [0, 0.1) is 6.92 Å². The molecule has 1 aliphatic heterocycles. The van der Waals surface area contributed by atoms with E-state index in [1.54, 1.807) is 12.1 Å². The molecule has 0 bridgehead atoms. The van der Waals surface area contributed by atoms with E-state index in [0.717, 1.165) is 36.4 Å². The van der Waals surface area contributed by atoms with Crippen LogP contribution < -0.4 is 15.5 Å². The summed E-state index contributed by atoms with van der Waals surface area (Å²) in [7, 11) is 0. The van der Waals surface area contributed by atoms with Crippen LogP contribution in [-0.4, -0.2) is 18.4 Å². The van der Waals surface area contributed by atoms with Gasteiger partial charge in [0.15, 0.2) is 0 Å². The molecule has 0 fully saturated rings. The van der Waals surface area contributed by atoms with Gasteiger partial charge in [0.05, 0.1) is 0 Å². The van der Waals surface area contributed by atoms with Crippen molar-refractivity contribution in [2.24, 2.45) is 0 Å². The zero-order chi connectivity index (χ0) is 24.2. The first-order valence-corrected chi connectivity index (χ1v) is 11.8. The number of rotatable bonds is 5. The van der Waals surface area contributed by atoms with Crippen molar-refractivity contribution in [1.82, 2.24) is 0 Å². The topological polar surface area (TPSA) is 61.4 Å². The Morgan fingerprint density at radius 2 is 1.43 bits per heavy atom. The van der Waals surface area contributed by atoms with Crippen LogP contribution in [0.3, 0.4) is 0 Å². The lowest BCUT2D eigenvalue weighted by Crippen LogP contribution is -2.30. The highest BCUT2D eigenvalue weighted by Gasteiger charge is 2.17. The predicted molar refractivity (Wildman–Crippen MR) is 141 cm³/mol. The third-order valence-corrected chi connectivity index (χ3v) is 6.48. The molecule has 0 saturated heterocycles. The van der Waals surface area contributed by atoms with Crippen LogP contribution in [0.4, 0.5) is 17.1 Å². The molecule has 5 heteroatoms. The van der Waals surface area contributed by atoms with Gasteiger partial charge in [0.2, 0.25) is 0 Å². The number of amides is 2. The number of nitrogens with one attached hydrogen (secondary N) is 2. The van der Waals surface area contributed by atoms with E-state index >= 15 is 0 Å². The molecule has 0 aromatic heterocycles. The van der Waals surface area contributed by atoms with Gasteiger partial charge in [-0.15, -0.1) is 0 Å². The van der Waals surface area contributed by atoms with Crippen molar-refractivity contribution >= 4 is 28.9 Å². The van der Waals surface area contributed by atoms with Crippen molar-refractivity contribution < 1.29 is 9.59 Å². The number of hydrogen-bond acceptors (Lipinski definition) is 3.